The number of amides is 3. The summed E-state index contributed by atoms with van der Waals surface area (Å²) in [6.07, 6.45) is 1.74. The predicted molar refractivity (Wildman–Crippen MR) is 43.2 cm³/mol. The molecule has 0 unspecified atom stereocenters. The molecule has 0 aliphatic heterocycles. The smallest absolute Gasteiger partial charge is 0.309 e. The zero-order valence-corrected chi connectivity index (χ0v) is 6.60. The van der Waals surface area contributed by atoms with E-state index >= 15 is 0 Å². The summed E-state index contributed by atoms with van der Waals surface area (Å²) >= 11 is 0. The van der Waals surface area contributed by atoms with E-state index in [1.54, 1.807) is 0 Å². The molecular weight excluding hydrogens is 178 g/mol. The van der Waals surface area contributed by atoms with Gasteiger partial charge >= 0.3 is 6.03 Å². The first-order valence-corrected chi connectivity index (χ1v) is 2.91. The van der Waals surface area contributed by atoms with Crippen LogP contribution < -0.4 is 17.2 Å². The molecule has 7 heteroatoms. The summed E-state index contributed by atoms with van der Waals surface area (Å²) in [4.78, 5) is 38.5. The highest BCUT2D eigenvalue weighted by Crippen LogP contribution is 1.70. The minimum atomic E-state index is -0.833. The van der Waals surface area contributed by atoms with Gasteiger partial charge in [0.05, 0.1) is 0 Å². The molecule has 3 amide bonds. The van der Waals surface area contributed by atoms with Crippen molar-refractivity contribution < 1.29 is 19.2 Å². The minimum Gasteiger partial charge on any atom is -0.366 e. The van der Waals surface area contributed by atoms with Crippen LogP contribution in [-0.4, -0.2) is 24.0 Å². The van der Waals surface area contributed by atoms with Crippen molar-refractivity contribution >= 4 is 24.0 Å². The van der Waals surface area contributed by atoms with Gasteiger partial charge in [0.25, 0.3) is 0 Å². The van der Waals surface area contributed by atoms with Crippen LogP contribution in [0.25, 0.3) is 0 Å². The SMILES string of the molecule is NC(=O)C=CC(=O)C=O.NC(N)=O. The second-order valence-corrected chi connectivity index (χ2v) is 1.66. The van der Waals surface area contributed by atoms with Gasteiger partial charge in [-0.3, -0.25) is 14.4 Å². The lowest BCUT2D eigenvalue weighted by Gasteiger charge is -1.75. The number of ketones is 1. The lowest BCUT2D eigenvalue weighted by molar-refractivity contribution is -0.126. The van der Waals surface area contributed by atoms with Crippen molar-refractivity contribution in [1.82, 2.24) is 0 Å². The third kappa shape index (κ3) is 25.8. The molecule has 0 saturated heterocycles. The maximum absolute atomic E-state index is 10.1. The molecule has 72 valence electrons. The van der Waals surface area contributed by atoms with Crippen LogP contribution in [0.4, 0.5) is 4.79 Å². The number of aldehydes is 1. The fourth-order valence-electron chi connectivity index (χ4n) is 0.204. The molecule has 13 heavy (non-hydrogen) atoms. The molecule has 0 aromatic carbocycles. The van der Waals surface area contributed by atoms with Crippen LogP contribution in [0.2, 0.25) is 0 Å². The molecule has 0 aromatic rings. The van der Waals surface area contributed by atoms with Gasteiger partial charge in [0.1, 0.15) is 0 Å². The van der Waals surface area contributed by atoms with Crippen molar-refractivity contribution in [3.8, 4) is 0 Å². The van der Waals surface area contributed by atoms with Gasteiger partial charge in [-0.05, 0) is 6.08 Å². The Bertz CT molecular complexity index is 242. The van der Waals surface area contributed by atoms with Crippen LogP contribution in [0.1, 0.15) is 0 Å². The summed E-state index contributed by atoms with van der Waals surface area (Å²) in [6, 6.07) is -0.833. The molecule has 0 aliphatic carbocycles. The molecule has 6 N–H and O–H groups in total. The normalized spacial score (nSPS) is 8.31. The van der Waals surface area contributed by atoms with Crippen molar-refractivity contribution in [2.45, 2.75) is 0 Å². The summed E-state index contributed by atoms with van der Waals surface area (Å²) in [5.41, 5.74) is 13.1. The maximum Gasteiger partial charge on any atom is 0.309 e. The number of allylic oxidation sites excluding steroid dienone is 1. The molecule has 0 fully saturated rings. The van der Waals surface area contributed by atoms with E-state index in [1.165, 1.54) is 0 Å². The molecule has 0 saturated carbocycles. The van der Waals surface area contributed by atoms with Crippen LogP contribution in [0.15, 0.2) is 12.2 Å². The van der Waals surface area contributed by atoms with Crippen molar-refractivity contribution in [2.24, 2.45) is 17.2 Å². The summed E-state index contributed by atoms with van der Waals surface area (Å²) < 4.78 is 0. The molecule has 0 spiro atoms. The van der Waals surface area contributed by atoms with E-state index in [1.807, 2.05) is 0 Å². The van der Waals surface area contributed by atoms with Gasteiger partial charge < -0.3 is 17.2 Å². The van der Waals surface area contributed by atoms with Gasteiger partial charge in [0, 0.05) is 6.08 Å². The Morgan fingerprint density at radius 1 is 0.923 bits per heavy atom. The fourth-order valence-corrected chi connectivity index (χ4v) is 0.204. The monoisotopic (exact) mass is 187 g/mol. The number of carbonyl (C=O) groups is 4. The molecule has 0 rings (SSSR count). The highest BCUT2D eigenvalue weighted by molar-refractivity contribution is 6.31. The summed E-state index contributed by atoms with van der Waals surface area (Å²) in [5, 5.41) is 0. The van der Waals surface area contributed by atoms with Gasteiger partial charge in [-0.1, -0.05) is 0 Å². The van der Waals surface area contributed by atoms with E-state index in [0.717, 1.165) is 12.2 Å². The zero-order valence-electron chi connectivity index (χ0n) is 6.60. The third-order valence-corrected chi connectivity index (χ3v) is 0.528. The Balaban J connectivity index is 0. The van der Waals surface area contributed by atoms with E-state index in [9.17, 15) is 14.4 Å². The first-order chi connectivity index (χ1) is 5.90. The van der Waals surface area contributed by atoms with Crippen LogP contribution in [0.3, 0.4) is 0 Å². The average molecular weight is 187 g/mol. The van der Waals surface area contributed by atoms with E-state index in [2.05, 4.69) is 17.2 Å². The number of hydrogen-bond acceptors (Lipinski definition) is 4. The van der Waals surface area contributed by atoms with Crippen LogP contribution in [0, 0.1) is 0 Å². The number of nitrogens with two attached hydrogens (primary N) is 3. The minimum absolute atomic E-state index is 0.0967. The molecular formula is C6H9N3O4. The number of hydrogen-bond donors (Lipinski definition) is 3. The fraction of sp³-hybridized carbons (Fsp3) is 0. The Labute approximate surface area is 73.5 Å². The Morgan fingerprint density at radius 3 is 1.54 bits per heavy atom. The van der Waals surface area contributed by atoms with E-state index in [0.29, 0.717) is 0 Å². The first kappa shape index (κ1) is 13.4. The van der Waals surface area contributed by atoms with E-state index < -0.39 is 17.7 Å². The number of urea groups is 1. The summed E-state index contributed by atoms with van der Waals surface area (Å²) in [7, 11) is 0. The lowest BCUT2D eigenvalue weighted by Crippen LogP contribution is -2.18. The van der Waals surface area contributed by atoms with E-state index in [4.69, 9.17) is 4.79 Å². The molecule has 0 radical (unpaired) electrons. The van der Waals surface area contributed by atoms with Crippen molar-refractivity contribution in [3.63, 3.8) is 0 Å². The molecule has 0 atom stereocenters. The second-order valence-electron chi connectivity index (χ2n) is 1.66. The highest BCUT2D eigenvalue weighted by Gasteiger charge is 1.89. The average Bonchev–Trinajstić information content (AvgIpc) is 1.99. The molecule has 0 heterocycles. The standard InChI is InChI=1S/C5H5NO3.CH4N2O/c6-5(9)2-1-4(8)3-7;2-1(3)4/h1-3H,(H2,6,9);(H4,2,3,4). The van der Waals surface area contributed by atoms with Crippen molar-refractivity contribution in [2.75, 3.05) is 0 Å². The number of rotatable bonds is 3. The Kier molecular flexibility index (Phi) is 8.17. The molecule has 0 aliphatic rings. The van der Waals surface area contributed by atoms with Crippen molar-refractivity contribution in [3.05, 3.63) is 12.2 Å². The van der Waals surface area contributed by atoms with Gasteiger partial charge in [0.15, 0.2) is 6.29 Å². The van der Waals surface area contributed by atoms with Gasteiger partial charge in [0.2, 0.25) is 11.7 Å². The van der Waals surface area contributed by atoms with Gasteiger partial charge in [-0.15, -0.1) is 0 Å². The van der Waals surface area contributed by atoms with Gasteiger partial charge in [-0.2, -0.15) is 0 Å². The van der Waals surface area contributed by atoms with Crippen LogP contribution in [0.5, 0.6) is 0 Å². The predicted octanol–water partition coefficient (Wildman–Crippen LogP) is -2.18. The van der Waals surface area contributed by atoms with Crippen LogP contribution >= 0.6 is 0 Å². The Morgan fingerprint density at radius 2 is 1.31 bits per heavy atom. The quantitative estimate of drug-likeness (QED) is 0.262. The van der Waals surface area contributed by atoms with Gasteiger partial charge in [-0.25, -0.2) is 4.79 Å². The highest BCUT2D eigenvalue weighted by atomic mass is 16.2. The Hall–Kier alpha value is -2.18. The summed E-state index contributed by atoms with van der Waals surface area (Å²) in [6.45, 7) is 0. The third-order valence-electron chi connectivity index (χ3n) is 0.528. The lowest BCUT2D eigenvalue weighted by atomic mass is 10.4. The summed E-state index contributed by atoms with van der Waals surface area (Å²) in [5.74, 6) is -1.51. The zero-order chi connectivity index (χ0) is 10.9. The largest absolute Gasteiger partial charge is 0.366 e. The number of primary amides is 3. The molecule has 0 bridgehead atoms. The maximum atomic E-state index is 10.1. The van der Waals surface area contributed by atoms with E-state index in [-0.39, 0.29) is 6.29 Å². The van der Waals surface area contributed by atoms with Crippen LogP contribution in [-0.2, 0) is 14.4 Å². The second kappa shape index (κ2) is 7.92. The molecule has 7 nitrogen and oxygen atoms in total. The first-order valence-electron chi connectivity index (χ1n) is 2.91. The van der Waals surface area contributed by atoms with Crippen molar-refractivity contribution in [1.29, 1.82) is 0 Å². The topological polar surface area (TPSA) is 146 Å². The number of carbonyl (C=O) groups excluding carboxylic acids is 4. The molecule has 0 aromatic heterocycles.